The van der Waals surface area contributed by atoms with Gasteiger partial charge in [0.25, 0.3) is 0 Å². The number of hydrogen-bond donors (Lipinski definition) is 1. The second-order valence-corrected chi connectivity index (χ2v) is 9.74. The van der Waals surface area contributed by atoms with Crippen molar-refractivity contribution in [3.05, 3.63) is 78.5 Å². The van der Waals surface area contributed by atoms with Crippen LogP contribution in [0.25, 0.3) is 10.9 Å². The Kier molecular flexibility index (Phi) is 5.82. The van der Waals surface area contributed by atoms with Crippen molar-refractivity contribution in [2.75, 3.05) is 13.1 Å². The highest BCUT2D eigenvalue weighted by Crippen LogP contribution is 2.37. The first kappa shape index (κ1) is 21.6. The number of piperidine rings is 1. The Labute approximate surface area is 200 Å². The maximum Gasteiger partial charge on any atom is 0.199 e. The lowest BCUT2D eigenvalue weighted by atomic mass is 9.80. The molecule has 0 spiro atoms. The second-order valence-electron chi connectivity index (χ2n) is 8.46. The minimum Gasteiger partial charge on any atom is -0.428 e. The second kappa shape index (κ2) is 8.62. The maximum atomic E-state index is 13.6. The molecule has 166 valence electrons. The van der Waals surface area contributed by atoms with Gasteiger partial charge in [0.1, 0.15) is 0 Å². The van der Waals surface area contributed by atoms with Gasteiger partial charge in [0.15, 0.2) is 5.43 Å². The number of fused-ring (bicyclic) bond motifs is 2. The molecule has 1 aliphatic heterocycles. The third kappa shape index (κ3) is 3.87. The van der Waals surface area contributed by atoms with Crippen molar-refractivity contribution in [3.63, 3.8) is 0 Å². The molecule has 0 saturated carbocycles. The number of nitrogens with zero attached hydrogens (tertiary/aromatic N) is 3. The molecule has 1 atom stereocenters. The Hall–Kier alpha value is -2.21. The molecule has 2 aliphatic rings. The molecule has 8 heteroatoms. The lowest BCUT2D eigenvalue weighted by Gasteiger charge is -2.31. The smallest absolute Gasteiger partial charge is 0.199 e. The summed E-state index contributed by atoms with van der Waals surface area (Å²) in [6, 6.07) is 10.4. The van der Waals surface area contributed by atoms with Crippen molar-refractivity contribution in [3.8, 4) is 0 Å². The van der Waals surface area contributed by atoms with Crippen molar-refractivity contribution in [1.82, 2.24) is 9.74 Å². The van der Waals surface area contributed by atoms with Gasteiger partial charge < -0.3 is 5.21 Å². The zero-order valence-electron chi connectivity index (χ0n) is 17.3. The summed E-state index contributed by atoms with van der Waals surface area (Å²) in [6.45, 7) is 1.72. The minimum absolute atomic E-state index is 0.0432. The molecule has 32 heavy (non-hydrogen) atoms. The molecule has 2 aromatic carbocycles. The quantitative estimate of drug-likeness (QED) is 0.440. The van der Waals surface area contributed by atoms with Gasteiger partial charge in [-0.3, -0.25) is 9.80 Å². The first-order chi connectivity index (χ1) is 15.4. The molecule has 0 bridgehead atoms. The van der Waals surface area contributed by atoms with Crippen molar-refractivity contribution in [2.24, 2.45) is 5.10 Å². The van der Waals surface area contributed by atoms with E-state index in [9.17, 15) is 10.0 Å². The SMILES string of the molecule is O=c1c2c(n(O)c3ccc(Cl)cc13)CC(c1ccc(Cl)cc1Cl)C/C2=N/N1CCCCC1. The topological polar surface area (TPSA) is 57.8 Å². The standard InChI is InChI=1S/C24H22Cl3N3O2/c25-15-5-7-21-18(12-15)24(31)23-20(28-29-8-2-1-3-9-29)10-14(11-22(23)30(21)32)17-6-4-16(26)13-19(17)27/h4-7,12-14,32H,1-3,8-11H2/b28-20-. The minimum atomic E-state index is -0.154. The van der Waals surface area contributed by atoms with Gasteiger partial charge >= 0.3 is 0 Å². The summed E-state index contributed by atoms with van der Waals surface area (Å²) < 4.78 is 1.12. The van der Waals surface area contributed by atoms with Gasteiger partial charge in [0.2, 0.25) is 0 Å². The Morgan fingerprint density at radius 3 is 2.41 bits per heavy atom. The molecular weight excluding hydrogens is 469 g/mol. The number of aromatic nitrogens is 1. The van der Waals surface area contributed by atoms with Crippen LogP contribution in [0.2, 0.25) is 15.1 Å². The molecule has 2 heterocycles. The Morgan fingerprint density at radius 2 is 1.66 bits per heavy atom. The van der Waals surface area contributed by atoms with Gasteiger partial charge in [0, 0.05) is 28.2 Å². The fourth-order valence-electron chi connectivity index (χ4n) is 4.81. The Morgan fingerprint density at radius 1 is 0.938 bits per heavy atom. The summed E-state index contributed by atoms with van der Waals surface area (Å²) in [5.41, 5.74) is 2.89. The molecule has 1 saturated heterocycles. The zero-order chi connectivity index (χ0) is 22.4. The fourth-order valence-corrected chi connectivity index (χ4v) is 5.55. The summed E-state index contributed by atoms with van der Waals surface area (Å²) in [7, 11) is 0. The molecule has 1 fully saturated rings. The van der Waals surface area contributed by atoms with Crippen LogP contribution in [0.4, 0.5) is 0 Å². The monoisotopic (exact) mass is 489 g/mol. The summed E-state index contributed by atoms with van der Waals surface area (Å²) in [6.07, 6.45) is 4.35. The predicted octanol–water partition coefficient (Wildman–Crippen LogP) is 6.12. The lowest BCUT2D eigenvalue weighted by molar-refractivity contribution is 0.185. The Bertz CT molecular complexity index is 1300. The van der Waals surface area contributed by atoms with Crippen LogP contribution >= 0.6 is 34.8 Å². The van der Waals surface area contributed by atoms with Crippen molar-refractivity contribution in [2.45, 2.75) is 38.0 Å². The highest BCUT2D eigenvalue weighted by molar-refractivity contribution is 6.35. The van der Waals surface area contributed by atoms with Gasteiger partial charge in [-0.25, -0.2) is 0 Å². The number of rotatable bonds is 2. The van der Waals surface area contributed by atoms with Gasteiger partial charge in [-0.2, -0.15) is 9.83 Å². The first-order valence-electron chi connectivity index (χ1n) is 10.8. The molecular formula is C24H22Cl3N3O2. The average molecular weight is 491 g/mol. The normalized spacial score (nSPS) is 20.0. The summed E-state index contributed by atoms with van der Waals surface area (Å²) in [5, 5.41) is 20.1. The van der Waals surface area contributed by atoms with E-state index in [1.54, 1.807) is 24.3 Å². The van der Waals surface area contributed by atoms with Crippen molar-refractivity contribution in [1.29, 1.82) is 0 Å². The molecule has 3 aromatic rings. The van der Waals surface area contributed by atoms with E-state index in [2.05, 4.69) is 0 Å². The maximum absolute atomic E-state index is 13.6. The fraction of sp³-hybridized carbons (Fsp3) is 0.333. The summed E-state index contributed by atoms with van der Waals surface area (Å²) in [4.78, 5) is 13.6. The van der Waals surface area contributed by atoms with E-state index in [1.165, 1.54) is 6.42 Å². The third-order valence-corrected chi connectivity index (χ3v) is 7.17. The van der Waals surface area contributed by atoms with Gasteiger partial charge in [0.05, 0.1) is 27.9 Å². The first-order valence-corrected chi connectivity index (χ1v) is 11.9. The van der Waals surface area contributed by atoms with Crippen LogP contribution < -0.4 is 5.43 Å². The number of pyridine rings is 1. The molecule has 0 radical (unpaired) electrons. The molecule has 1 aromatic heterocycles. The Balaban J connectivity index is 1.71. The van der Waals surface area contributed by atoms with Crippen LogP contribution in [0, 0.1) is 0 Å². The van der Waals surface area contributed by atoms with Crippen LogP contribution in [0.1, 0.15) is 48.4 Å². The molecule has 5 rings (SSSR count). The zero-order valence-corrected chi connectivity index (χ0v) is 19.6. The van der Waals surface area contributed by atoms with Crippen LogP contribution in [0.15, 0.2) is 46.3 Å². The molecule has 0 amide bonds. The van der Waals surface area contributed by atoms with Crippen molar-refractivity contribution >= 4 is 51.4 Å². The van der Waals surface area contributed by atoms with Gasteiger partial charge in [-0.15, -0.1) is 0 Å². The van der Waals surface area contributed by atoms with Crippen LogP contribution in [-0.4, -0.2) is 33.7 Å². The molecule has 1 N–H and O–H groups in total. The van der Waals surface area contributed by atoms with Crippen LogP contribution in [0.3, 0.4) is 0 Å². The average Bonchev–Trinajstić information content (AvgIpc) is 2.78. The summed E-state index contributed by atoms with van der Waals surface area (Å²) in [5.74, 6) is -0.0432. The van der Waals surface area contributed by atoms with Crippen molar-refractivity contribution < 1.29 is 5.21 Å². The van der Waals surface area contributed by atoms with E-state index in [0.717, 1.165) is 36.2 Å². The highest BCUT2D eigenvalue weighted by Gasteiger charge is 2.32. The predicted molar refractivity (Wildman–Crippen MR) is 130 cm³/mol. The lowest BCUT2D eigenvalue weighted by Crippen LogP contribution is -2.34. The van der Waals surface area contributed by atoms with Gasteiger partial charge in [-0.05, 0) is 73.9 Å². The highest BCUT2D eigenvalue weighted by atomic mass is 35.5. The van der Waals surface area contributed by atoms with Crippen LogP contribution in [0.5, 0.6) is 0 Å². The molecule has 1 aliphatic carbocycles. The van der Waals surface area contributed by atoms with Crippen LogP contribution in [-0.2, 0) is 6.42 Å². The van der Waals surface area contributed by atoms with E-state index >= 15 is 0 Å². The van der Waals surface area contributed by atoms with E-state index in [-0.39, 0.29) is 11.3 Å². The van der Waals surface area contributed by atoms with E-state index in [4.69, 9.17) is 39.9 Å². The number of hydrazone groups is 1. The third-order valence-electron chi connectivity index (χ3n) is 6.37. The number of hydrogen-bond acceptors (Lipinski definition) is 4. The van der Waals surface area contributed by atoms with E-state index in [0.29, 0.717) is 55.8 Å². The number of benzene rings is 2. The number of halogens is 3. The largest absolute Gasteiger partial charge is 0.428 e. The summed E-state index contributed by atoms with van der Waals surface area (Å²) >= 11 is 18.8. The van der Waals surface area contributed by atoms with Gasteiger partial charge in [-0.1, -0.05) is 40.9 Å². The van der Waals surface area contributed by atoms with E-state index < -0.39 is 0 Å². The molecule has 5 nitrogen and oxygen atoms in total. The van der Waals surface area contributed by atoms with E-state index in [1.807, 2.05) is 17.1 Å². The molecule has 1 unspecified atom stereocenters.